The Morgan fingerprint density at radius 2 is 2.05 bits per heavy atom. The summed E-state index contributed by atoms with van der Waals surface area (Å²) >= 11 is 0. The van der Waals surface area contributed by atoms with Crippen LogP contribution in [0.25, 0.3) is 0 Å². The summed E-state index contributed by atoms with van der Waals surface area (Å²) in [6.07, 6.45) is 3.78. The van der Waals surface area contributed by atoms with E-state index >= 15 is 0 Å². The van der Waals surface area contributed by atoms with E-state index in [1.165, 1.54) is 5.56 Å². The first-order valence-corrected chi connectivity index (χ1v) is 9.22. The number of benzene rings is 1. The van der Waals surface area contributed by atoms with Crippen LogP contribution >= 0.6 is 0 Å². The monoisotopic (exact) mass is 310 g/mol. The zero-order chi connectivity index (χ0) is 15.3. The average Bonchev–Trinajstić information content (AvgIpc) is 2.46. The van der Waals surface area contributed by atoms with Gasteiger partial charge in [-0.15, -0.1) is 0 Å². The first-order chi connectivity index (χ1) is 9.97. The van der Waals surface area contributed by atoms with Gasteiger partial charge in [-0.05, 0) is 44.1 Å². The summed E-state index contributed by atoms with van der Waals surface area (Å²) in [6, 6.07) is 10.1. The Morgan fingerprint density at radius 1 is 1.33 bits per heavy atom. The van der Waals surface area contributed by atoms with Crippen LogP contribution in [-0.4, -0.2) is 31.9 Å². The molecule has 0 radical (unpaired) electrons. The molecular weight excluding hydrogens is 284 g/mol. The first-order valence-electron chi connectivity index (χ1n) is 7.78. The van der Waals surface area contributed by atoms with Crippen LogP contribution < -0.4 is 4.72 Å². The number of hydrogen-bond acceptors (Lipinski definition) is 2. The molecule has 1 aromatic rings. The van der Waals surface area contributed by atoms with Crippen LogP contribution in [0.15, 0.2) is 30.3 Å². The molecule has 0 bridgehead atoms. The van der Waals surface area contributed by atoms with Crippen molar-refractivity contribution in [1.82, 2.24) is 9.03 Å². The summed E-state index contributed by atoms with van der Waals surface area (Å²) in [5, 5.41) is 0. The van der Waals surface area contributed by atoms with Gasteiger partial charge in [-0.2, -0.15) is 17.4 Å². The predicted molar refractivity (Wildman–Crippen MR) is 86.3 cm³/mol. The van der Waals surface area contributed by atoms with Crippen LogP contribution in [0.3, 0.4) is 0 Å². The summed E-state index contributed by atoms with van der Waals surface area (Å²) < 4.78 is 29.1. The minimum atomic E-state index is -3.34. The average molecular weight is 310 g/mol. The highest BCUT2D eigenvalue weighted by Crippen LogP contribution is 2.18. The Hall–Kier alpha value is -0.910. The number of nitrogens with zero attached hydrogens (tertiary/aromatic N) is 1. The molecule has 0 amide bonds. The van der Waals surface area contributed by atoms with Crippen LogP contribution in [0.2, 0.25) is 0 Å². The van der Waals surface area contributed by atoms with Crippen molar-refractivity contribution in [3.8, 4) is 0 Å². The number of hydrogen-bond donors (Lipinski definition) is 1. The topological polar surface area (TPSA) is 49.4 Å². The molecule has 1 aliphatic heterocycles. The van der Waals surface area contributed by atoms with Crippen LogP contribution in [0, 0.1) is 5.92 Å². The minimum absolute atomic E-state index is 0.0487. The molecule has 0 aliphatic carbocycles. The third kappa shape index (κ3) is 5.09. The van der Waals surface area contributed by atoms with Crippen LogP contribution in [0.4, 0.5) is 0 Å². The van der Waals surface area contributed by atoms with Gasteiger partial charge in [0.2, 0.25) is 0 Å². The highest BCUT2D eigenvalue weighted by Gasteiger charge is 2.27. The Morgan fingerprint density at radius 3 is 2.71 bits per heavy atom. The number of nitrogens with one attached hydrogen (secondary N) is 1. The maximum atomic E-state index is 12.4. The molecule has 0 saturated carbocycles. The van der Waals surface area contributed by atoms with Crippen molar-refractivity contribution in [2.45, 2.75) is 45.6 Å². The molecule has 0 unspecified atom stereocenters. The van der Waals surface area contributed by atoms with E-state index in [0.29, 0.717) is 19.0 Å². The van der Waals surface area contributed by atoms with Crippen molar-refractivity contribution in [3.05, 3.63) is 35.9 Å². The Kier molecular flexibility index (Phi) is 5.79. The lowest BCUT2D eigenvalue weighted by Gasteiger charge is -2.31. The van der Waals surface area contributed by atoms with E-state index < -0.39 is 10.2 Å². The molecule has 0 aromatic heterocycles. The smallest absolute Gasteiger partial charge is 0.199 e. The number of aryl methyl sites for hydroxylation is 1. The summed E-state index contributed by atoms with van der Waals surface area (Å²) in [5.74, 6) is 0.454. The normalized spacial score (nSPS) is 22.1. The highest BCUT2D eigenvalue weighted by molar-refractivity contribution is 7.87. The van der Waals surface area contributed by atoms with Crippen molar-refractivity contribution in [1.29, 1.82) is 0 Å². The van der Waals surface area contributed by atoms with Gasteiger partial charge in [-0.3, -0.25) is 0 Å². The molecular formula is C16H26N2O2S. The third-order valence-corrected chi connectivity index (χ3v) is 5.73. The molecule has 1 saturated heterocycles. The summed E-state index contributed by atoms with van der Waals surface area (Å²) in [7, 11) is -3.34. The lowest BCUT2D eigenvalue weighted by molar-refractivity contribution is 0.276. The lowest BCUT2D eigenvalue weighted by Crippen LogP contribution is -2.48. The molecule has 1 aliphatic rings. The third-order valence-electron chi connectivity index (χ3n) is 4.02. The van der Waals surface area contributed by atoms with Crippen molar-refractivity contribution < 1.29 is 8.42 Å². The van der Waals surface area contributed by atoms with Gasteiger partial charge in [-0.1, -0.05) is 37.3 Å². The van der Waals surface area contributed by atoms with Crippen molar-refractivity contribution in [3.63, 3.8) is 0 Å². The van der Waals surface area contributed by atoms with E-state index in [-0.39, 0.29) is 6.04 Å². The molecule has 118 valence electrons. The Bertz CT molecular complexity index is 530. The van der Waals surface area contributed by atoms with Gasteiger partial charge in [0.05, 0.1) is 0 Å². The Balaban J connectivity index is 1.84. The number of piperidine rings is 1. The van der Waals surface area contributed by atoms with Crippen LogP contribution in [0.5, 0.6) is 0 Å². The molecule has 1 aromatic carbocycles. The van der Waals surface area contributed by atoms with Gasteiger partial charge in [0.25, 0.3) is 10.2 Å². The molecule has 2 atom stereocenters. The largest absolute Gasteiger partial charge is 0.279 e. The quantitative estimate of drug-likeness (QED) is 0.878. The maximum absolute atomic E-state index is 12.4. The number of rotatable bonds is 6. The summed E-state index contributed by atoms with van der Waals surface area (Å²) in [5.41, 5.74) is 1.25. The standard InChI is InChI=1S/C16H26N2O2S/c1-14-7-6-12-18(13-14)21(19,20)17-15(2)10-11-16-8-4-3-5-9-16/h3-5,8-9,14-15,17H,6-7,10-13H2,1-2H3/t14-,15+/m0/s1. The summed E-state index contributed by atoms with van der Waals surface area (Å²) in [4.78, 5) is 0. The molecule has 21 heavy (non-hydrogen) atoms. The molecule has 1 N–H and O–H groups in total. The predicted octanol–water partition coefficient (Wildman–Crippen LogP) is 2.57. The van der Waals surface area contributed by atoms with Crippen molar-refractivity contribution in [2.75, 3.05) is 13.1 Å². The minimum Gasteiger partial charge on any atom is -0.199 e. The Labute approximate surface area is 128 Å². The van der Waals surface area contributed by atoms with E-state index in [1.54, 1.807) is 4.31 Å². The molecule has 5 heteroatoms. The van der Waals surface area contributed by atoms with Gasteiger partial charge < -0.3 is 0 Å². The van der Waals surface area contributed by atoms with E-state index in [2.05, 4.69) is 23.8 Å². The second-order valence-electron chi connectivity index (χ2n) is 6.15. The second-order valence-corrected chi connectivity index (χ2v) is 7.86. The van der Waals surface area contributed by atoms with Gasteiger partial charge in [0, 0.05) is 19.1 Å². The molecule has 2 rings (SSSR count). The van der Waals surface area contributed by atoms with Gasteiger partial charge in [-0.25, -0.2) is 0 Å². The van der Waals surface area contributed by atoms with E-state index in [4.69, 9.17) is 0 Å². The highest BCUT2D eigenvalue weighted by atomic mass is 32.2. The van der Waals surface area contributed by atoms with Crippen molar-refractivity contribution in [2.24, 2.45) is 5.92 Å². The zero-order valence-corrected chi connectivity index (χ0v) is 13.8. The van der Waals surface area contributed by atoms with Crippen molar-refractivity contribution >= 4 is 10.2 Å². The van der Waals surface area contributed by atoms with E-state index in [0.717, 1.165) is 25.7 Å². The van der Waals surface area contributed by atoms with Crippen LogP contribution in [0.1, 0.15) is 38.7 Å². The zero-order valence-electron chi connectivity index (χ0n) is 13.0. The van der Waals surface area contributed by atoms with E-state index in [1.807, 2.05) is 25.1 Å². The summed E-state index contributed by atoms with van der Waals surface area (Å²) in [6.45, 7) is 5.33. The fourth-order valence-corrected chi connectivity index (χ4v) is 4.38. The van der Waals surface area contributed by atoms with Gasteiger partial charge in [0.1, 0.15) is 0 Å². The van der Waals surface area contributed by atoms with Gasteiger partial charge >= 0.3 is 0 Å². The fourth-order valence-electron chi connectivity index (χ4n) is 2.78. The maximum Gasteiger partial charge on any atom is 0.279 e. The second kappa shape index (κ2) is 7.38. The van der Waals surface area contributed by atoms with E-state index in [9.17, 15) is 8.42 Å². The molecule has 4 nitrogen and oxygen atoms in total. The fraction of sp³-hybridized carbons (Fsp3) is 0.625. The molecule has 1 heterocycles. The molecule has 0 spiro atoms. The van der Waals surface area contributed by atoms with Crippen LogP contribution in [-0.2, 0) is 16.6 Å². The molecule has 1 fully saturated rings. The lowest BCUT2D eigenvalue weighted by atomic mass is 10.0. The first kappa shape index (κ1) is 16.5. The SMILES string of the molecule is C[C@H]1CCCN(S(=O)(=O)N[C@H](C)CCc2ccccc2)C1. The van der Waals surface area contributed by atoms with Gasteiger partial charge in [0.15, 0.2) is 0 Å².